The van der Waals surface area contributed by atoms with E-state index in [1.54, 1.807) is 0 Å². The predicted octanol–water partition coefficient (Wildman–Crippen LogP) is 3.19. The third-order valence-electron chi connectivity index (χ3n) is 5.15. The second kappa shape index (κ2) is 7.93. The van der Waals surface area contributed by atoms with Crippen molar-refractivity contribution in [1.29, 1.82) is 0 Å². The summed E-state index contributed by atoms with van der Waals surface area (Å²) in [5.74, 6) is -6.88. The van der Waals surface area contributed by atoms with Crippen LogP contribution in [-0.4, -0.2) is 38.8 Å². The number of pyridine rings is 1. The van der Waals surface area contributed by atoms with Gasteiger partial charge in [-0.25, -0.2) is 18.7 Å². The number of likely N-dealkylation sites (tertiary alicyclic amines) is 1. The van der Waals surface area contributed by atoms with Gasteiger partial charge in [-0.05, 0) is 30.3 Å². The molecule has 3 heterocycles. The fourth-order valence-corrected chi connectivity index (χ4v) is 3.32. The van der Waals surface area contributed by atoms with Crippen LogP contribution in [0, 0.1) is 17.6 Å². The van der Waals surface area contributed by atoms with Crippen LogP contribution in [0.4, 0.5) is 23.2 Å². The Labute approximate surface area is 174 Å². The highest BCUT2D eigenvalue weighted by Crippen LogP contribution is 2.39. The molecule has 1 fully saturated rings. The molecule has 2 N–H and O–H groups in total. The van der Waals surface area contributed by atoms with E-state index in [0.29, 0.717) is 0 Å². The Kier molecular flexibility index (Phi) is 5.30. The Morgan fingerprint density at radius 2 is 1.84 bits per heavy atom. The number of rotatable bonds is 5. The average Bonchev–Trinajstić information content (AvgIpc) is 2.69. The molecule has 1 aromatic carbocycles. The van der Waals surface area contributed by atoms with Crippen LogP contribution in [0.2, 0.25) is 0 Å². The summed E-state index contributed by atoms with van der Waals surface area (Å²) in [6, 6.07) is 7.43. The lowest BCUT2D eigenvalue weighted by Crippen LogP contribution is -2.56. The molecule has 10 heteroatoms. The first-order valence-corrected chi connectivity index (χ1v) is 9.39. The summed E-state index contributed by atoms with van der Waals surface area (Å²) in [6.45, 7) is -0.313. The Balaban J connectivity index is 1.45. The maximum atomic E-state index is 14.5. The van der Waals surface area contributed by atoms with E-state index in [-0.39, 0.29) is 42.1 Å². The lowest BCUT2D eigenvalue weighted by Gasteiger charge is -2.42. The molecule has 0 atom stereocenters. The van der Waals surface area contributed by atoms with Crippen LogP contribution in [0.1, 0.15) is 11.5 Å². The summed E-state index contributed by atoms with van der Waals surface area (Å²) in [6.07, 6.45) is 2.25. The molecule has 4 rings (SSSR count). The van der Waals surface area contributed by atoms with E-state index in [1.165, 1.54) is 41.6 Å². The van der Waals surface area contributed by atoms with Crippen LogP contribution in [0.5, 0.6) is 0 Å². The molecule has 1 aliphatic heterocycles. The van der Waals surface area contributed by atoms with Crippen molar-refractivity contribution in [2.45, 2.75) is 12.3 Å². The van der Waals surface area contributed by atoms with Crippen LogP contribution < -0.4 is 5.73 Å². The van der Waals surface area contributed by atoms with Gasteiger partial charge in [0.1, 0.15) is 11.6 Å². The number of hydrogen-bond donors (Lipinski definition) is 1. The van der Waals surface area contributed by atoms with Crippen molar-refractivity contribution in [3.05, 3.63) is 71.9 Å². The van der Waals surface area contributed by atoms with Crippen molar-refractivity contribution in [1.82, 2.24) is 19.9 Å². The quantitative estimate of drug-likeness (QED) is 0.628. The minimum atomic E-state index is -3.25. The lowest BCUT2D eigenvalue weighted by atomic mass is 9.91. The number of anilines is 1. The van der Waals surface area contributed by atoms with Crippen molar-refractivity contribution < 1.29 is 22.4 Å². The SMILES string of the molecule is Nc1ccc(-c2ccc(F)cc2F)nc1CC(=O)N1CC(C(F)(F)c2ncccn2)C1. The summed E-state index contributed by atoms with van der Waals surface area (Å²) in [5.41, 5.74) is 6.52. The highest BCUT2D eigenvalue weighted by Gasteiger charge is 2.51. The first-order chi connectivity index (χ1) is 14.8. The molecule has 1 saturated heterocycles. The Morgan fingerprint density at radius 1 is 1.13 bits per heavy atom. The van der Waals surface area contributed by atoms with Crippen molar-refractivity contribution in [2.24, 2.45) is 5.92 Å². The maximum absolute atomic E-state index is 14.5. The molecule has 2 aromatic heterocycles. The normalized spacial score (nSPS) is 14.4. The van der Waals surface area contributed by atoms with Crippen molar-refractivity contribution in [3.8, 4) is 11.3 Å². The van der Waals surface area contributed by atoms with Gasteiger partial charge in [-0.2, -0.15) is 8.78 Å². The standard InChI is InChI=1S/C21H17F4N5O/c22-13-2-3-14(15(23)8-13)17-5-4-16(26)18(29-17)9-19(31)30-10-12(11-30)21(24,25)20-27-6-1-7-28-20/h1-8,12H,9-11,26H2. The molecule has 1 aliphatic rings. The third-order valence-corrected chi connectivity index (χ3v) is 5.15. The summed E-state index contributed by atoms with van der Waals surface area (Å²) in [5, 5.41) is 0. The van der Waals surface area contributed by atoms with Crippen LogP contribution in [0.25, 0.3) is 11.3 Å². The van der Waals surface area contributed by atoms with Gasteiger partial charge in [0.2, 0.25) is 5.91 Å². The molecule has 6 nitrogen and oxygen atoms in total. The van der Waals surface area contributed by atoms with Crippen LogP contribution in [0.15, 0.2) is 48.8 Å². The number of amides is 1. The zero-order chi connectivity index (χ0) is 22.2. The Morgan fingerprint density at radius 3 is 2.52 bits per heavy atom. The second-order valence-electron chi connectivity index (χ2n) is 7.22. The number of nitrogen functional groups attached to an aromatic ring is 1. The molecule has 31 heavy (non-hydrogen) atoms. The van der Waals surface area contributed by atoms with Gasteiger partial charge in [-0.15, -0.1) is 0 Å². The third kappa shape index (κ3) is 4.05. The van der Waals surface area contributed by atoms with Gasteiger partial charge in [-0.1, -0.05) is 0 Å². The second-order valence-corrected chi connectivity index (χ2v) is 7.22. The van der Waals surface area contributed by atoms with E-state index >= 15 is 0 Å². The van der Waals surface area contributed by atoms with Crippen LogP contribution in [-0.2, 0) is 17.1 Å². The number of carbonyl (C=O) groups excluding carboxylic acids is 1. The van der Waals surface area contributed by atoms with Gasteiger partial charge in [0.05, 0.1) is 29.4 Å². The first-order valence-electron chi connectivity index (χ1n) is 9.39. The van der Waals surface area contributed by atoms with Crippen LogP contribution >= 0.6 is 0 Å². The van der Waals surface area contributed by atoms with Gasteiger partial charge in [0.15, 0.2) is 5.82 Å². The van der Waals surface area contributed by atoms with E-state index < -0.39 is 35.2 Å². The number of nitrogens with two attached hydrogens (primary N) is 1. The molecular weight excluding hydrogens is 414 g/mol. The molecule has 0 bridgehead atoms. The number of halogens is 4. The molecular formula is C21H17F4N5O. The zero-order valence-corrected chi connectivity index (χ0v) is 16.1. The maximum Gasteiger partial charge on any atom is 0.312 e. The number of nitrogens with zero attached hydrogens (tertiary/aromatic N) is 4. The fraction of sp³-hybridized carbons (Fsp3) is 0.238. The van der Waals surface area contributed by atoms with Crippen molar-refractivity contribution >= 4 is 11.6 Å². The predicted molar refractivity (Wildman–Crippen MR) is 104 cm³/mol. The molecule has 0 saturated carbocycles. The number of benzene rings is 1. The molecule has 0 radical (unpaired) electrons. The number of aromatic nitrogens is 3. The zero-order valence-electron chi connectivity index (χ0n) is 16.1. The van der Waals surface area contributed by atoms with Crippen molar-refractivity contribution in [3.63, 3.8) is 0 Å². The monoisotopic (exact) mass is 431 g/mol. The summed E-state index contributed by atoms with van der Waals surface area (Å²) < 4.78 is 56.2. The topological polar surface area (TPSA) is 85.0 Å². The highest BCUT2D eigenvalue weighted by atomic mass is 19.3. The van der Waals surface area contributed by atoms with E-state index in [1.807, 2.05) is 0 Å². The average molecular weight is 431 g/mol. The van der Waals surface area contributed by atoms with Gasteiger partial charge in [0.25, 0.3) is 0 Å². The molecule has 0 aliphatic carbocycles. The largest absolute Gasteiger partial charge is 0.397 e. The van der Waals surface area contributed by atoms with Gasteiger partial charge < -0.3 is 10.6 Å². The van der Waals surface area contributed by atoms with Crippen LogP contribution in [0.3, 0.4) is 0 Å². The Hall–Kier alpha value is -3.56. The van der Waals surface area contributed by atoms with Gasteiger partial charge >= 0.3 is 5.92 Å². The minimum Gasteiger partial charge on any atom is -0.397 e. The number of alkyl halides is 2. The number of hydrogen-bond acceptors (Lipinski definition) is 5. The van der Waals surface area contributed by atoms with E-state index in [9.17, 15) is 22.4 Å². The molecule has 160 valence electrons. The van der Waals surface area contributed by atoms with E-state index in [4.69, 9.17) is 5.73 Å². The number of carbonyl (C=O) groups is 1. The summed E-state index contributed by atoms with van der Waals surface area (Å²) in [4.78, 5) is 25.3. The molecule has 1 amide bonds. The highest BCUT2D eigenvalue weighted by molar-refractivity contribution is 5.81. The minimum absolute atomic E-state index is 0.0571. The van der Waals surface area contributed by atoms with Crippen molar-refractivity contribution in [2.75, 3.05) is 18.8 Å². The molecule has 0 spiro atoms. The fourth-order valence-electron chi connectivity index (χ4n) is 3.32. The van der Waals surface area contributed by atoms with Gasteiger partial charge in [0, 0.05) is 37.1 Å². The smallest absolute Gasteiger partial charge is 0.312 e. The Bertz CT molecular complexity index is 1120. The lowest BCUT2D eigenvalue weighted by molar-refractivity contribution is -0.157. The van der Waals surface area contributed by atoms with E-state index in [0.717, 1.165) is 12.1 Å². The molecule has 3 aromatic rings. The molecule has 0 unspecified atom stereocenters. The van der Waals surface area contributed by atoms with E-state index in [2.05, 4.69) is 15.0 Å². The first kappa shape index (κ1) is 20.7. The summed E-state index contributed by atoms with van der Waals surface area (Å²) in [7, 11) is 0. The van der Waals surface area contributed by atoms with Gasteiger partial charge in [-0.3, -0.25) is 9.78 Å². The summed E-state index contributed by atoms with van der Waals surface area (Å²) >= 11 is 0.